The van der Waals surface area contributed by atoms with Crippen LogP contribution in [0.4, 0.5) is 0 Å². The molecule has 0 unspecified atom stereocenters. The summed E-state index contributed by atoms with van der Waals surface area (Å²) >= 11 is 7.26. The summed E-state index contributed by atoms with van der Waals surface area (Å²) in [5, 5.41) is 11.4. The summed E-state index contributed by atoms with van der Waals surface area (Å²) in [4.78, 5) is 30.6. The van der Waals surface area contributed by atoms with Crippen LogP contribution in [0.25, 0.3) is 11.5 Å². The van der Waals surface area contributed by atoms with E-state index >= 15 is 0 Å². The Labute approximate surface area is 185 Å². The summed E-state index contributed by atoms with van der Waals surface area (Å²) < 4.78 is 2.81. The van der Waals surface area contributed by atoms with Gasteiger partial charge in [0.2, 0.25) is 11.6 Å². The highest BCUT2D eigenvalue weighted by Crippen LogP contribution is 2.18. The van der Waals surface area contributed by atoms with E-state index < -0.39 is 5.56 Å². The minimum atomic E-state index is -0.470. The van der Waals surface area contributed by atoms with Gasteiger partial charge in [0.15, 0.2) is 0 Å². The Morgan fingerprint density at radius 1 is 0.968 bits per heavy atom. The molecule has 5 aromatic rings. The first kappa shape index (κ1) is 19.3. The first-order valence-electron chi connectivity index (χ1n) is 9.37. The molecule has 0 amide bonds. The molecular weight excluding hydrogens is 434 g/mol. The molecule has 0 aliphatic carbocycles. The second kappa shape index (κ2) is 7.90. The molecule has 31 heavy (non-hydrogen) atoms. The number of carbonyl (C=O) groups is 1. The average molecular weight is 448 g/mol. The van der Waals surface area contributed by atoms with Crippen molar-refractivity contribution in [3.63, 3.8) is 0 Å². The highest BCUT2D eigenvalue weighted by molar-refractivity contribution is 7.12. The maximum atomic E-state index is 13.1. The number of nitrogens with zero attached hydrogens (tertiary/aromatic N) is 5. The van der Waals surface area contributed by atoms with Crippen LogP contribution in [0.2, 0.25) is 5.02 Å². The van der Waals surface area contributed by atoms with Gasteiger partial charge in [0, 0.05) is 11.4 Å². The number of rotatable bonds is 5. The van der Waals surface area contributed by atoms with Gasteiger partial charge in [-0.15, -0.1) is 16.4 Å². The Hall–Kier alpha value is -3.62. The number of ketones is 1. The highest BCUT2D eigenvalue weighted by Gasteiger charge is 2.23. The monoisotopic (exact) mass is 447 g/mol. The van der Waals surface area contributed by atoms with Gasteiger partial charge in [-0.1, -0.05) is 48.0 Å². The molecule has 0 saturated carbocycles. The molecule has 3 aromatic heterocycles. The Balaban J connectivity index is 1.69. The van der Waals surface area contributed by atoms with Crippen molar-refractivity contribution in [3.8, 4) is 5.69 Å². The lowest BCUT2D eigenvalue weighted by Gasteiger charge is -2.03. The summed E-state index contributed by atoms with van der Waals surface area (Å²) in [6.45, 7) is 0. The van der Waals surface area contributed by atoms with Crippen molar-refractivity contribution in [2.45, 2.75) is 6.42 Å². The molecule has 2 aromatic carbocycles. The number of halogens is 1. The Bertz CT molecular complexity index is 1440. The van der Waals surface area contributed by atoms with Crippen molar-refractivity contribution < 1.29 is 4.79 Å². The lowest BCUT2D eigenvalue weighted by Crippen LogP contribution is -2.21. The molecule has 0 radical (unpaired) electrons. The van der Waals surface area contributed by atoms with Gasteiger partial charge in [0.05, 0.1) is 10.6 Å². The topological polar surface area (TPSA) is 82.1 Å². The Morgan fingerprint density at radius 3 is 2.45 bits per heavy atom. The zero-order valence-electron chi connectivity index (χ0n) is 16.0. The lowest BCUT2D eigenvalue weighted by molar-refractivity contribution is 0.103. The van der Waals surface area contributed by atoms with Crippen LogP contribution in [0.5, 0.6) is 0 Å². The zero-order chi connectivity index (χ0) is 21.4. The van der Waals surface area contributed by atoms with E-state index in [0.717, 1.165) is 5.56 Å². The van der Waals surface area contributed by atoms with Gasteiger partial charge in [0.1, 0.15) is 5.69 Å². The van der Waals surface area contributed by atoms with Gasteiger partial charge in [-0.3, -0.25) is 9.59 Å². The SMILES string of the molecule is O=C(c1cccs1)c1nn(-c2ccccc2)c2nc(=O)c(Cc3ccc(Cl)cc3)nn12. The van der Waals surface area contributed by atoms with E-state index in [9.17, 15) is 9.59 Å². The van der Waals surface area contributed by atoms with Crippen LogP contribution in [0.15, 0.2) is 76.9 Å². The predicted molar refractivity (Wildman–Crippen MR) is 118 cm³/mol. The van der Waals surface area contributed by atoms with Crippen LogP contribution < -0.4 is 5.56 Å². The predicted octanol–water partition coefficient (Wildman–Crippen LogP) is 3.81. The quantitative estimate of drug-likeness (QED) is 0.382. The number of benzene rings is 2. The first-order chi connectivity index (χ1) is 15.1. The first-order valence-corrected chi connectivity index (χ1v) is 10.6. The number of carbonyl (C=O) groups excluding carboxylic acids is 1. The summed E-state index contributed by atoms with van der Waals surface area (Å²) in [7, 11) is 0. The van der Waals surface area contributed by atoms with Crippen LogP contribution in [0.1, 0.15) is 26.8 Å². The van der Waals surface area contributed by atoms with E-state index in [1.807, 2.05) is 47.8 Å². The molecule has 0 aliphatic rings. The minimum Gasteiger partial charge on any atom is -0.284 e. The molecular formula is C22H14ClN5O2S. The fourth-order valence-electron chi connectivity index (χ4n) is 3.18. The summed E-state index contributed by atoms with van der Waals surface area (Å²) in [5.41, 5.74) is 1.27. The zero-order valence-corrected chi connectivity index (χ0v) is 17.5. The second-order valence-corrected chi connectivity index (χ2v) is 8.14. The van der Waals surface area contributed by atoms with Gasteiger partial charge in [-0.25, -0.2) is 0 Å². The van der Waals surface area contributed by atoms with Crippen molar-refractivity contribution in [2.24, 2.45) is 0 Å². The van der Waals surface area contributed by atoms with Gasteiger partial charge in [0.25, 0.3) is 11.3 Å². The molecule has 0 aliphatic heterocycles. The van der Waals surface area contributed by atoms with Crippen molar-refractivity contribution in [1.82, 2.24) is 24.4 Å². The van der Waals surface area contributed by atoms with E-state index in [4.69, 9.17) is 11.6 Å². The number of hydrogen-bond acceptors (Lipinski definition) is 6. The number of hydrogen-bond donors (Lipinski definition) is 0. The highest BCUT2D eigenvalue weighted by atomic mass is 35.5. The van der Waals surface area contributed by atoms with E-state index in [1.165, 1.54) is 20.5 Å². The molecule has 5 rings (SSSR count). The number of thiophene rings is 1. The summed E-state index contributed by atoms with van der Waals surface area (Å²) in [6.07, 6.45) is 0.259. The maximum absolute atomic E-state index is 13.1. The van der Waals surface area contributed by atoms with E-state index in [-0.39, 0.29) is 29.5 Å². The van der Waals surface area contributed by atoms with E-state index in [0.29, 0.717) is 15.6 Å². The van der Waals surface area contributed by atoms with Gasteiger partial charge in [-0.05, 0) is 41.3 Å². The van der Waals surface area contributed by atoms with Crippen LogP contribution in [0, 0.1) is 0 Å². The van der Waals surface area contributed by atoms with Crippen LogP contribution in [-0.2, 0) is 6.42 Å². The Morgan fingerprint density at radius 2 is 1.74 bits per heavy atom. The van der Waals surface area contributed by atoms with Crippen molar-refractivity contribution in [3.05, 3.63) is 109 Å². The molecule has 0 atom stereocenters. The minimum absolute atomic E-state index is 0.0890. The molecule has 3 heterocycles. The third-order valence-electron chi connectivity index (χ3n) is 4.68. The smallest absolute Gasteiger partial charge is 0.284 e. The second-order valence-electron chi connectivity index (χ2n) is 6.76. The van der Waals surface area contributed by atoms with Crippen LogP contribution in [0.3, 0.4) is 0 Å². The fourth-order valence-corrected chi connectivity index (χ4v) is 3.97. The molecule has 0 N–H and O–H groups in total. The standard InChI is InChI=1S/C22H14ClN5O2S/c23-15-10-8-14(9-11-15)13-17-21(30)24-22-27(16-5-2-1-3-6-16)26-20(28(22)25-17)19(29)18-7-4-12-31-18/h1-12H,13H2. The summed E-state index contributed by atoms with van der Waals surface area (Å²) in [5.74, 6) is -0.0211. The van der Waals surface area contributed by atoms with Crippen molar-refractivity contribution >= 4 is 34.5 Å². The lowest BCUT2D eigenvalue weighted by atomic mass is 10.1. The maximum Gasteiger partial charge on any atom is 0.296 e. The van der Waals surface area contributed by atoms with Crippen LogP contribution >= 0.6 is 22.9 Å². The molecule has 9 heteroatoms. The molecule has 0 bridgehead atoms. The molecule has 0 saturated heterocycles. The third-order valence-corrected chi connectivity index (χ3v) is 5.80. The largest absolute Gasteiger partial charge is 0.296 e. The number of fused-ring (bicyclic) bond motifs is 1. The third kappa shape index (κ3) is 3.67. The Kier molecular flexibility index (Phi) is 4.93. The van der Waals surface area contributed by atoms with Crippen LogP contribution in [-0.4, -0.2) is 30.2 Å². The normalized spacial score (nSPS) is 11.1. The molecule has 152 valence electrons. The van der Waals surface area contributed by atoms with Crippen molar-refractivity contribution in [1.29, 1.82) is 0 Å². The average Bonchev–Trinajstić information content (AvgIpc) is 3.44. The summed E-state index contributed by atoms with van der Waals surface area (Å²) in [6, 6.07) is 19.9. The molecule has 7 nitrogen and oxygen atoms in total. The van der Waals surface area contributed by atoms with Gasteiger partial charge in [-0.2, -0.15) is 19.3 Å². The van der Waals surface area contributed by atoms with Gasteiger partial charge >= 0.3 is 0 Å². The van der Waals surface area contributed by atoms with E-state index in [2.05, 4.69) is 15.2 Å². The molecule has 0 spiro atoms. The molecule has 0 fully saturated rings. The van der Waals surface area contributed by atoms with E-state index in [1.54, 1.807) is 24.3 Å². The number of para-hydroxylation sites is 1. The van der Waals surface area contributed by atoms with Crippen molar-refractivity contribution in [2.75, 3.05) is 0 Å². The van der Waals surface area contributed by atoms with Gasteiger partial charge < -0.3 is 0 Å². The number of aromatic nitrogens is 5. The fraction of sp³-hybridized carbons (Fsp3) is 0.0455.